The molecule has 0 spiro atoms. The van der Waals surface area contributed by atoms with Gasteiger partial charge >= 0.3 is 17.8 Å². The second kappa shape index (κ2) is 8.37. The van der Waals surface area contributed by atoms with Gasteiger partial charge in [-0.2, -0.15) is 13.2 Å². The molecule has 0 aliphatic carbocycles. The van der Waals surface area contributed by atoms with Gasteiger partial charge in [0.2, 0.25) is 0 Å². The number of alkyl halides is 3. The van der Waals surface area contributed by atoms with Crippen molar-refractivity contribution in [2.24, 2.45) is 0 Å². The van der Waals surface area contributed by atoms with E-state index in [1.807, 2.05) is 5.32 Å². The Morgan fingerprint density at radius 3 is 2.46 bits per heavy atom. The first-order chi connectivity index (χ1) is 13.1. The predicted octanol–water partition coefficient (Wildman–Crippen LogP) is 3.42. The summed E-state index contributed by atoms with van der Waals surface area (Å²) in [6.07, 6.45) is -4.68. The third kappa shape index (κ3) is 4.96. The number of rotatable bonds is 6. The third-order valence-corrected chi connectivity index (χ3v) is 3.45. The van der Waals surface area contributed by atoms with Gasteiger partial charge in [0.05, 0.1) is 28.8 Å². The molecule has 8 nitrogen and oxygen atoms in total. The zero-order valence-corrected chi connectivity index (χ0v) is 14.3. The Labute approximate surface area is 156 Å². The Bertz CT molecular complexity index is 914. The molecular weight excluding hydrogens is 385 g/mol. The minimum atomic E-state index is -4.68. The Hall–Kier alpha value is -3.63. The van der Waals surface area contributed by atoms with Crippen molar-refractivity contribution in [3.05, 3.63) is 63.7 Å². The van der Waals surface area contributed by atoms with Crippen LogP contribution in [0.25, 0.3) is 0 Å². The molecule has 2 aromatic carbocycles. The number of amides is 1. The number of hydrogen-bond donors (Lipinski definition) is 1. The zero-order valence-electron chi connectivity index (χ0n) is 14.3. The van der Waals surface area contributed by atoms with E-state index in [1.54, 1.807) is 0 Å². The van der Waals surface area contributed by atoms with Crippen LogP contribution in [-0.2, 0) is 15.7 Å². The molecule has 0 saturated heterocycles. The number of anilines is 1. The van der Waals surface area contributed by atoms with Crippen LogP contribution >= 0.6 is 0 Å². The van der Waals surface area contributed by atoms with Gasteiger partial charge in [-0.1, -0.05) is 12.1 Å². The number of nitrogens with one attached hydrogen (secondary N) is 1. The molecule has 11 heteroatoms. The fourth-order valence-corrected chi connectivity index (χ4v) is 2.20. The van der Waals surface area contributed by atoms with Gasteiger partial charge in [0.15, 0.2) is 12.4 Å². The molecule has 1 N–H and O–H groups in total. The first-order valence-corrected chi connectivity index (χ1v) is 7.59. The zero-order chi connectivity index (χ0) is 20.9. The number of carbonyl (C=O) groups excluding carboxylic acids is 2. The summed E-state index contributed by atoms with van der Waals surface area (Å²) in [7, 11) is 1.21. The summed E-state index contributed by atoms with van der Waals surface area (Å²) in [5.41, 5.74) is -2.26. The molecule has 2 aromatic rings. The maximum absolute atomic E-state index is 12.9. The highest BCUT2D eigenvalue weighted by Gasteiger charge is 2.33. The molecule has 0 unspecified atom stereocenters. The van der Waals surface area contributed by atoms with Crippen LogP contribution < -0.4 is 10.1 Å². The SMILES string of the molecule is COc1ccc(C(=O)OCC(=O)Nc2ccccc2C(F)(F)F)cc1[N+](=O)[O-]. The average Bonchev–Trinajstić information content (AvgIpc) is 2.65. The molecule has 0 heterocycles. The molecule has 148 valence electrons. The fourth-order valence-electron chi connectivity index (χ4n) is 2.20. The van der Waals surface area contributed by atoms with Gasteiger partial charge in [-0.15, -0.1) is 0 Å². The van der Waals surface area contributed by atoms with Crippen molar-refractivity contribution in [2.75, 3.05) is 19.0 Å². The lowest BCUT2D eigenvalue weighted by Gasteiger charge is -2.13. The first kappa shape index (κ1) is 20.7. The molecule has 0 atom stereocenters. The quantitative estimate of drug-likeness (QED) is 0.454. The number of methoxy groups -OCH3 is 1. The van der Waals surface area contributed by atoms with Crippen LogP contribution in [0.3, 0.4) is 0 Å². The maximum atomic E-state index is 12.9. The van der Waals surface area contributed by atoms with Crippen LogP contribution in [0, 0.1) is 10.1 Å². The molecule has 0 radical (unpaired) electrons. The van der Waals surface area contributed by atoms with Gasteiger partial charge in [-0.3, -0.25) is 14.9 Å². The van der Waals surface area contributed by atoms with Crippen LogP contribution in [0.15, 0.2) is 42.5 Å². The minimum absolute atomic E-state index is 0.0805. The van der Waals surface area contributed by atoms with Crippen molar-refractivity contribution in [1.29, 1.82) is 0 Å². The van der Waals surface area contributed by atoms with E-state index in [2.05, 4.69) is 0 Å². The van der Waals surface area contributed by atoms with Gasteiger partial charge in [0, 0.05) is 6.07 Å². The number of halogens is 3. The van der Waals surface area contributed by atoms with Crippen LogP contribution in [0.5, 0.6) is 5.75 Å². The van der Waals surface area contributed by atoms with Crippen molar-refractivity contribution in [3.8, 4) is 5.75 Å². The highest BCUT2D eigenvalue weighted by atomic mass is 19.4. The number of hydrogen-bond acceptors (Lipinski definition) is 6. The Kier molecular flexibility index (Phi) is 6.18. The molecular formula is C17H13F3N2O6. The van der Waals surface area contributed by atoms with E-state index in [0.29, 0.717) is 0 Å². The van der Waals surface area contributed by atoms with E-state index in [4.69, 9.17) is 9.47 Å². The maximum Gasteiger partial charge on any atom is 0.418 e. The normalized spacial score (nSPS) is 10.9. The molecule has 0 aromatic heterocycles. The number of carbonyl (C=O) groups is 2. The van der Waals surface area contributed by atoms with E-state index in [0.717, 1.165) is 24.3 Å². The van der Waals surface area contributed by atoms with Crippen molar-refractivity contribution in [1.82, 2.24) is 0 Å². The average molecular weight is 398 g/mol. The van der Waals surface area contributed by atoms with Crippen molar-refractivity contribution < 1.29 is 37.2 Å². The van der Waals surface area contributed by atoms with Gasteiger partial charge in [-0.05, 0) is 24.3 Å². The standard InChI is InChI=1S/C17H13F3N2O6/c1-27-14-7-6-10(8-13(14)22(25)26)16(24)28-9-15(23)21-12-5-3-2-4-11(12)17(18,19)20/h2-8H,9H2,1H3,(H,21,23). The number of ether oxygens (including phenoxy) is 2. The van der Waals surface area contributed by atoms with Crippen LogP contribution in [-0.4, -0.2) is 30.5 Å². The lowest BCUT2D eigenvalue weighted by atomic mass is 10.1. The summed E-state index contributed by atoms with van der Waals surface area (Å²) in [5.74, 6) is -2.15. The second-order valence-electron chi connectivity index (χ2n) is 5.31. The van der Waals surface area contributed by atoms with E-state index in [-0.39, 0.29) is 11.3 Å². The molecule has 1 amide bonds. The predicted molar refractivity (Wildman–Crippen MR) is 90.0 cm³/mol. The van der Waals surface area contributed by atoms with Crippen LogP contribution in [0.4, 0.5) is 24.5 Å². The lowest BCUT2D eigenvalue weighted by Crippen LogP contribution is -2.22. The molecule has 28 heavy (non-hydrogen) atoms. The number of nitro groups is 1. The smallest absolute Gasteiger partial charge is 0.418 e. The summed E-state index contributed by atoms with van der Waals surface area (Å²) in [5, 5.41) is 13.0. The van der Waals surface area contributed by atoms with Crippen LogP contribution in [0.2, 0.25) is 0 Å². The molecule has 0 bridgehead atoms. The topological polar surface area (TPSA) is 108 Å². The number of benzene rings is 2. The lowest BCUT2D eigenvalue weighted by molar-refractivity contribution is -0.385. The summed E-state index contributed by atoms with van der Waals surface area (Å²) < 4.78 is 48.2. The molecule has 0 aliphatic rings. The van der Waals surface area contributed by atoms with E-state index >= 15 is 0 Å². The number of para-hydroxylation sites is 1. The molecule has 0 fully saturated rings. The van der Waals surface area contributed by atoms with E-state index in [1.165, 1.54) is 25.3 Å². The highest BCUT2D eigenvalue weighted by Crippen LogP contribution is 2.34. The Balaban J connectivity index is 2.05. The largest absolute Gasteiger partial charge is 0.490 e. The molecule has 0 saturated carbocycles. The molecule has 0 aliphatic heterocycles. The number of nitro benzene ring substituents is 1. The second-order valence-corrected chi connectivity index (χ2v) is 5.31. The van der Waals surface area contributed by atoms with Crippen molar-refractivity contribution in [3.63, 3.8) is 0 Å². The van der Waals surface area contributed by atoms with Crippen molar-refractivity contribution >= 4 is 23.3 Å². The number of nitrogens with zero attached hydrogens (tertiary/aromatic N) is 1. The van der Waals surface area contributed by atoms with Gasteiger partial charge < -0.3 is 14.8 Å². The third-order valence-electron chi connectivity index (χ3n) is 3.45. The highest BCUT2D eigenvalue weighted by molar-refractivity contribution is 5.96. The summed E-state index contributed by atoms with van der Waals surface area (Å²) >= 11 is 0. The Morgan fingerprint density at radius 1 is 1.18 bits per heavy atom. The van der Waals surface area contributed by atoms with Crippen molar-refractivity contribution in [2.45, 2.75) is 6.18 Å². The summed E-state index contributed by atoms with van der Waals surface area (Å²) in [6, 6.07) is 7.56. The minimum Gasteiger partial charge on any atom is -0.490 e. The monoisotopic (exact) mass is 398 g/mol. The van der Waals surface area contributed by atoms with E-state index in [9.17, 15) is 32.9 Å². The Morgan fingerprint density at radius 2 is 1.86 bits per heavy atom. The summed E-state index contributed by atoms with van der Waals surface area (Å²) in [6.45, 7) is -0.884. The summed E-state index contributed by atoms with van der Waals surface area (Å²) in [4.78, 5) is 34.0. The van der Waals surface area contributed by atoms with Gasteiger partial charge in [0.25, 0.3) is 5.91 Å². The fraction of sp³-hybridized carbons (Fsp3) is 0.176. The molecule has 2 rings (SSSR count). The number of esters is 1. The first-order valence-electron chi connectivity index (χ1n) is 7.59. The van der Waals surface area contributed by atoms with Gasteiger partial charge in [0.1, 0.15) is 0 Å². The van der Waals surface area contributed by atoms with Crippen LogP contribution in [0.1, 0.15) is 15.9 Å². The van der Waals surface area contributed by atoms with E-state index < -0.39 is 46.5 Å². The van der Waals surface area contributed by atoms with Gasteiger partial charge in [-0.25, -0.2) is 4.79 Å².